The normalized spacial score (nSPS) is 21.8. The number of aromatic nitrogens is 1. The molecule has 1 fully saturated rings. The average Bonchev–Trinajstić information content (AvgIpc) is 2.69. The third kappa shape index (κ3) is 3.47. The van der Waals surface area contributed by atoms with Crippen LogP contribution in [-0.4, -0.2) is 45.9 Å². The van der Waals surface area contributed by atoms with Gasteiger partial charge in [0.05, 0.1) is 17.2 Å². The van der Waals surface area contributed by atoms with Crippen LogP contribution in [0.2, 0.25) is 0 Å². The van der Waals surface area contributed by atoms with Gasteiger partial charge in [0.25, 0.3) is 10.0 Å². The fraction of sp³-hybridized carbons (Fsp3) is 0.545. The van der Waals surface area contributed by atoms with Gasteiger partial charge in [0, 0.05) is 18.8 Å². The zero-order valence-electron chi connectivity index (χ0n) is 11.0. The molecule has 1 unspecified atom stereocenters. The largest absolute Gasteiger partial charge is 0.383 e. The van der Waals surface area contributed by atoms with Gasteiger partial charge in [0.15, 0.2) is 14.9 Å². The minimum atomic E-state index is -3.83. The van der Waals surface area contributed by atoms with Crippen LogP contribution in [0.15, 0.2) is 23.4 Å². The predicted molar refractivity (Wildman–Crippen MR) is 75.8 cm³/mol. The number of nitrogens with zero attached hydrogens (tertiary/aromatic N) is 1. The average molecular weight is 319 g/mol. The molecule has 2 N–H and O–H groups in total. The molecule has 0 spiro atoms. The van der Waals surface area contributed by atoms with Crippen LogP contribution in [0.3, 0.4) is 0 Å². The number of hydrogen-bond donors (Lipinski definition) is 2. The SMILES string of the molecule is CCNc1cccnc1S(=O)(=O)NC1CCS(=O)(=O)C1. The van der Waals surface area contributed by atoms with E-state index in [2.05, 4.69) is 15.0 Å². The Morgan fingerprint density at radius 3 is 2.80 bits per heavy atom. The van der Waals surface area contributed by atoms with Crippen LogP contribution in [0.5, 0.6) is 0 Å². The van der Waals surface area contributed by atoms with Crippen molar-refractivity contribution in [3.63, 3.8) is 0 Å². The van der Waals surface area contributed by atoms with E-state index in [-0.39, 0.29) is 16.5 Å². The number of sulfonamides is 1. The van der Waals surface area contributed by atoms with Crippen LogP contribution in [0.4, 0.5) is 5.69 Å². The highest BCUT2D eigenvalue weighted by atomic mass is 32.2. The van der Waals surface area contributed by atoms with Gasteiger partial charge in [-0.15, -0.1) is 0 Å². The van der Waals surface area contributed by atoms with E-state index >= 15 is 0 Å². The van der Waals surface area contributed by atoms with E-state index in [1.54, 1.807) is 12.1 Å². The Morgan fingerprint density at radius 1 is 1.45 bits per heavy atom. The Labute approximate surface area is 118 Å². The van der Waals surface area contributed by atoms with Gasteiger partial charge in [-0.2, -0.15) is 0 Å². The van der Waals surface area contributed by atoms with E-state index in [0.717, 1.165) is 0 Å². The molecule has 0 saturated carbocycles. The first-order valence-corrected chi connectivity index (χ1v) is 9.56. The summed E-state index contributed by atoms with van der Waals surface area (Å²) in [6.45, 7) is 2.41. The number of sulfone groups is 1. The number of pyridine rings is 1. The molecule has 1 atom stereocenters. The summed E-state index contributed by atoms with van der Waals surface area (Å²) in [5.41, 5.74) is 0.406. The quantitative estimate of drug-likeness (QED) is 0.790. The molecule has 2 rings (SSSR count). The zero-order valence-corrected chi connectivity index (χ0v) is 12.7. The Balaban J connectivity index is 2.23. The topological polar surface area (TPSA) is 105 Å². The second-order valence-corrected chi connectivity index (χ2v) is 8.47. The van der Waals surface area contributed by atoms with Crippen LogP contribution in [-0.2, 0) is 19.9 Å². The molecular formula is C11H17N3O4S2. The van der Waals surface area contributed by atoms with Crippen molar-refractivity contribution in [3.05, 3.63) is 18.3 Å². The lowest BCUT2D eigenvalue weighted by Crippen LogP contribution is -2.36. The Hall–Kier alpha value is -1.19. The molecule has 0 amide bonds. The lowest BCUT2D eigenvalue weighted by molar-refractivity contribution is 0.559. The summed E-state index contributed by atoms with van der Waals surface area (Å²) >= 11 is 0. The van der Waals surface area contributed by atoms with Gasteiger partial charge in [-0.1, -0.05) is 0 Å². The third-order valence-electron chi connectivity index (χ3n) is 2.95. The highest BCUT2D eigenvalue weighted by molar-refractivity contribution is 7.92. The summed E-state index contributed by atoms with van der Waals surface area (Å²) in [7, 11) is -6.97. The number of rotatable bonds is 5. The molecule has 0 aromatic carbocycles. The fourth-order valence-electron chi connectivity index (χ4n) is 2.09. The zero-order chi connectivity index (χ0) is 14.8. The van der Waals surface area contributed by atoms with Gasteiger partial charge in [-0.25, -0.2) is 26.5 Å². The maximum absolute atomic E-state index is 12.3. The van der Waals surface area contributed by atoms with Crippen molar-refractivity contribution in [1.82, 2.24) is 9.71 Å². The lowest BCUT2D eigenvalue weighted by Gasteiger charge is -2.14. The summed E-state index contributed by atoms with van der Waals surface area (Å²) in [4.78, 5) is 3.88. The molecule has 1 aromatic heterocycles. The summed E-state index contributed by atoms with van der Waals surface area (Å²) in [6.07, 6.45) is 1.69. The predicted octanol–water partition coefficient (Wildman–Crippen LogP) is -0.0212. The lowest BCUT2D eigenvalue weighted by atomic mass is 10.3. The van der Waals surface area contributed by atoms with Crippen molar-refractivity contribution in [2.75, 3.05) is 23.4 Å². The first kappa shape index (κ1) is 15.2. The fourth-order valence-corrected chi connectivity index (χ4v) is 5.25. The highest BCUT2D eigenvalue weighted by Crippen LogP contribution is 2.20. The van der Waals surface area contributed by atoms with Crippen molar-refractivity contribution in [3.8, 4) is 0 Å². The number of anilines is 1. The van der Waals surface area contributed by atoms with E-state index in [9.17, 15) is 16.8 Å². The first-order valence-electron chi connectivity index (χ1n) is 6.26. The molecule has 9 heteroatoms. The summed E-state index contributed by atoms with van der Waals surface area (Å²) in [6, 6.07) is 2.68. The minimum Gasteiger partial charge on any atom is -0.383 e. The van der Waals surface area contributed by atoms with Gasteiger partial charge in [0.1, 0.15) is 0 Å². The molecule has 0 bridgehead atoms. The standard InChI is InChI=1S/C11H17N3O4S2/c1-2-12-10-4-3-6-13-11(10)20(17,18)14-9-5-7-19(15,16)8-9/h3-4,6,9,12,14H,2,5,7-8H2,1H3. The molecule has 1 aliphatic rings. The van der Waals surface area contributed by atoms with Crippen LogP contribution < -0.4 is 10.0 Å². The van der Waals surface area contributed by atoms with Crippen molar-refractivity contribution < 1.29 is 16.8 Å². The van der Waals surface area contributed by atoms with Gasteiger partial charge in [-0.3, -0.25) is 0 Å². The molecular weight excluding hydrogens is 302 g/mol. The second-order valence-electron chi connectivity index (χ2n) is 4.61. The van der Waals surface area contributed by atoms with Crippen molar-refractivity contribution in [2.45, 2.75) is 24.4 Å². The molecule has 0 aliphatic carbocycles. The second kappa shape index (κ2) is 5.66. The molecule has 0 radical (unpaired) electrons. The molecule has 7 nitrogen and oxygen atoms in total. The molecule has 2 heterocycles. The highest BCUT2D eigenvalue weighted by Gasteiger charge is 2.32. The molecule has 20 heavy (non-hydrogen) atoms. The van der Waals surface area contributed by atoms with E-state index in [4.69, 9.17) is 0 Å². The van der Waals surface area contributed by atoms with Gasteiger partial charge in [-0.05, 0) is 25.5 Å². The van der Waals surface area contributed by atoms with Crippen molar-refractivity contribution in [1.29, 1.82) is 0 Å². The van der Waals surface area contributed by atoms with Gasteiger partial charge in [0.2, 0.25) is 0 Å². The van der Waals surface area contributed by atoms with Crippen LogP contribution in [0.25, 0.3) is 0 Å². The molecule has 1 saturated heterocycles. The van der Waals surface area contributed by atoms with E-state index < -0.39 is 25.9 Å². The number of nitrogens with one attached hydrogen (secondary N) is 2. The van der Waals surface area contributed by atoms with E-state index in [1.807, 2.05) is 6.92 Å². The van der Waals surface area contributed by atoms with Crippen LogP contribution in [0, 0.1) is 0 Å². The maximum Gasteiger partial charge on any atom is 0.260 e. The van der Waals surface area contributed by atoms with E-state index in [0.29, 0.717) is 18.7 Å². The van der Waals surface area contributed by atoms with Gasteiger partial charge >= 0.3 is 0 Å². The molecule has 112 valence electrons. The van der Waals surface area contributed by atoms with E-state index in [1.165, 1.54) is 6.20 Å². The summed E-state index contributed by atoms with van der Waals surface area (Å²) in [5.74, 6) is -0.141. The summed E-state index contributed by atoms with van der Waals surface area (Å²) < 4.78 is 49.7. The van der Waals surface area contributed by atoms with Gasteiger partial charge < -0.3 is 5.32 Å². The molecule has 1 aromatic rings. The third-order valence-corrected chi connectivity index (χ3v) is 6.19. The van der Waals surface area contributed by atoms with Crippen molar-refractivity contribution >= 4 is 25.5 Å². The summed E-state index contributed by atoms with van der Waals surface area (Å²) in [5, 5.41) is 2.82. The molecule has 1 aliphatic heterocycles. The monoisotopic (exact) mass is 319 g/mol. The minimum absolute atomic E-state index is 0.0163. The maximum atomic E-state index is 12.3. The Morgan fingerprint density at radius 2 is 2.20 bits per heavy atom. The smallest absolute Gasteiger partial charge is 0.260 e. The van der Waals surface area contributed by atoms with Crippen molar-refractivity contribution in [2.24, 2.45) is 0 Å². The van der Waals surface area contributed by atoms with Crippen LogP contribution >= 0.6 is 0 Å². The first-order chi connectivity index (χ1) is 9.34. The van der Waals surface area contributed by atoms with Crippen LogP contribution in [0.1, 0.15) is 13.3 Å². The Kier molecular flexibility index (Phi) is 4.31. The Bertz CT molecular complexity index is 685. The number of hydrogen-bond acceptors (Lipinski definition) is 6.